The van der Waals surface area contributed by atoms with Crippen molar-refractivity contribution in [2.75, 3.05) is 0 Å². The fraction of sp³-hybridized carbons (Fsp3) is 0.143. The van der Waals surface area contributed by atoms with Crippen LogP contribution in [0.3, 0.4) is 0 Å². The summed E-state index contributed by atoms with van der Waals surface area (Å²) in [5, 5.41) is 0. The normalized spacial score (nSPS) is 16.8. The van der Waals surface area contributed by atoms with E-state index in [2.05, 4.69) is 8.24 Å². The number of hydrogen-bond acceptors (Lipinski definition) is 2. The minimum absolute atomic E-state index is 0.611. The number of fused-ring (bicyclic) bond motifs is 1. The molecule has 2 rings (SSSR count). The van der Waals surface area contributed by atoms with E-state index in [9.17, 15) is 0 Å². The van der Waals surface area contributed by atoms with Crippen molar-refractivity contribution in [3.8, 4) is 0 Å². The molecule has 0 bridgehead atoms. The molecular formula is C7H6IN3O. The summed E-state index contributed by atoms with van der Waals surface area (Å²) in [5.74, 6) is 0. The molecule has 0 spiro atoms. The zero-order valence-electron chi connectivity index (χ0n) is 6.14. The third-order valence-electron chi connectivity index (χ3n) is 1.55. The first-order valence-electron chi connectivity index (χ1n) is 3.38. The van der Waals surface area contributed by atoms with Gasteiger partial charge in [-0.15, -0.1) is 0 Å². The summed E-state index contributed by atoms with van der Waals surface area (Å²) in [6.07, 6.45) is 0. The zero-order valence-corrected chi connectivity index (χ0v) is 8.30. The van der Waals surface area contributed by atoms with Gasteiger partial charge >= 0.3 is 77.4 Å². The predicted octanol–water partition coefficient (Wildman–Crippen LogP) is 3.03. The molecular weight excluding hydrogens is 269 g/mol. The summed E-state index contributed by atoms with van der Waals surface area (Å²) in [6, 6.07) is 7.92. The molecule has 5 heteroatoms. The van der Waals surface area contributed by atoms with E-state index < -0.39 is 20.5 Å². The van der Waals surface area contributed by atoms with E-state index >= 15 is 0 Å². The van der Waals surface area contributed by atoms with Gasteiger partial charge in [-0.25, -0.2) is 0 Å². The van der Waals surface area contributed by atoms with Crippen LogP contribution in [0.15, 0.2) is 27.6 Å². The fourth-order valence-electron chi connectivity index (χ4n) is 1.04. The van der Waals surface area contributed by atoms with Gasteiger partial charge in [0.15, 0.2) is 0 Å². The standard InChI is InChI=1S/C7H6IN3O/c9-11-10-8-7-4-2-1-3-6(7)5-12-8/h1-4H,5H2. The van der Waals surface area contributed by atoms with Crippen molar-refractivity contribution < 1.29 is 3.07 Å². The van der Waals surface area contributed by atoms with Crippen molar-refractivity contribution in [3.63, 3.8) is 0 Å². The second kappa shape index (κ2) is 3.30. The molecule has 1 aliphatic rings. The SMILES string of the molecule is [N-]=[N+]=NI1OCc2ccccc21. The monoisotopic (exact) mass is 275 g/mol. The molecule has 0 saturated heterocycles. The number of azide groups is 1. The van der Waals surface area contributed by atoms with Crippen molar-refractivity contribution in [2.45, 2.75) is 6.61 Å². The van der Waals surface area contributed by atoms with Gasteiger partial charge in [-0.2, -0.15) is 0 Å². The van der Waals surface area contributed by atoms with Crippen molar-refractivity contribution in [1.82, 2.24) is 0 Å². The molecule has 1 aromatic rings. The maximum absolute atomic E-state index is 8.27. The Balaban J connectivity index is 2.42. The molecule has 0 amide bonds. The fourth-order valence-corrected chi connectivity index (χ4v) is 3.98. The van der Waals surface area contributed by atoms with Gasteiger partial charge < -0.3 is 0 Å². The second-order valence-corrected chi connectivity index (χ2v) is 5.77. The Morgan fingerprint density at radius 3 is 3.17 bits per heavy atom. The van der Waals surface area contributed by atoms with Crippen molar-refractivity contribution in [1.29, 1.82) is 0 Å². The summed E-state index contributed by atoms with van der Waals surface area (Å²) >= 11 is -1.94. The van der Waals surface area contributed by atoms with Crippen molar-refractivity contribution in [3.05, 3.63) is 43.8 Å². The van der Waals surface area contributed by atoms with Crippen LogP contribution >= 0.6 is 20.5 Å². The first kappa shape index (κ1) is 7.85. The van der Waals surface area contributed by atoms with Crippen LogP contribution in [0.1, 0.15) is 5.56 Å². The molecule has 0 aromatic heterocycles. The third kappa shape index (κ3) is 1.26. The molecule has 0 aliphatic carbocycles. The summed E-state index contributed by atoms with van der Waals surface area (Å²) in [6.45, 7) is 0.611. The Hall–Kier alpha value is -0.780. The van der Waals surface area contributed by atoms with Crippen LogP contribution in [-0.4, -0.2) is 0 Å². The summed E-state index contributed by atoms with van der Waals surface area (Å²) < 4.78 is 10.2. The van der Waals surface area contributed by atoms with E-state index in [1.54, 1.807) is 0 Å². The maximum atomic E-state index is 8.27. The zero-order chi connectivity index (χ0) is 8.39. The van der Waals surface area contributed by atoms with Crippen LogP contribution in [0.5, 0.6) is 0 Å². The molecule has 1 heterocycles. The van der Waals surface area contributed by atoms with Crippen LogP contribution in [0, 0.1) is 3.57 Å². The van der Waals surface area contributed by atoms with Gasteiger partial charge in [-0.3, -0.25) is 0 Å². The Bertz CT molecular complexity index is 348. The second-order valence-electron chi connectivity index (χ2n) is 2.24. The van der Waals surface area contributed by atoms with E-state index in [0.29, 0.717) is 6.61 Å². The summed E-state index contributed by atoms with van der Waals surface area (Å²) in [4.78, 5) is 2.79. The van der Waals surface area contributed by atoms with Gasteiger partial charge in [0.1, 0.15) is 0 Å². The van der Waals surface area contributed by atoms with Gasteiger partial charge in [-0.05, 0) is 0 Å². The van der Waals surface area contributed by atoms with Gasteiger partial charge in [0.2, 0.25) is 0 Å². The Morgan fingerprint density at radius 2 is 2.33 bits per heavy atom. The first-order chi connectivity index (χ1) is 5.92. The van der Waals surface area contributed by atoms with E-state index in [4.69, 9.17) is 8.60 Å². The van der Waals surface area contributed by atoms with Crippen molar-refractivity contribution >= 4 is 20.5 Å². The van der Waals surface area contributed by atoms with Gasteiger partial charge in [0.05, 0.1) is 0 Å². The molecule has 12 heavy (non-hydrogen) atoms. The molecule has 0 N–H and O–H groups in total. The molecule has 0 unspecified atom stereocenters. The molecule has 1 aromatic carbocycles. The number of hydrogen-bond donors (Lipinski definition) is 0. The number of rotatable bonds is 1. The number of nitrogens with zero attached hydrogens (tertiary/aromatic N) is 3. The van der Waals surface area contributed by atoms with Gasteiger partial charge in [0, 0.05) is 0 Å². The van der Waals surface area contributed by atoms with Gasteiger partial charge in [-0.1, -0.05) is 0 Å². The molecule has 0 radical (unpaired) electrons. The predicted molar refractivity (Wildman–Crippen MR) is 53.1 cm³/mol. The van der Waals surface area contributed by atoms with Crippen LogP contribution in [0.25, 0.3) is 10.4 Å². The Morgan fingerprint density at radius 1 is 1.50 bits per heavy atom. The quantitative estimate of drug-likeness (QED) is 0.336. The summed E-state index contributed by atoms with van der Waals surface area (Å²) in [7, 11) is 0. The van der Waals surface area contributed by atoms with Crippen LogP contribution in [-0.2, 0) is 9.67 Å². The topological polar surface area (TPSA) is 58.0 Å². The molecule has 0 saturated carbocycles. The molecule has 0 atom stereocenters. The first-order valence-corrected chi connectivity index (χ1v) is 6.31. The van der Waals surface area contributed by atoms with Crippen LogP contribution < -0.4 is 0 Å². The van der Waals surface area contributed by atoms with Gasteiger partial charge in [0.25, 0.3) is 0 Å². The minimum atomic E-state index is -1.94. The average molecular weight is 275 g/mol. The van der Waals surface area contributed by atoms with E-state index in [1.165, 1.54) is 5.56 Å². The molecule has 62 valence electrons. The summed E-state index contributed by atoms with van der Waals surface area (Å²) in [5.41, 5.74) is 9.45. The van der Waals surface area contributed by atoms with Crippen molar-refractivity contribution in [2.24, 2.45) is 3.33 Å². The van der Waals surface area contributed by atoms with Crippen LogP contribution in [0.2, 0.25) is 0 Å². The number of benzene rings is 1. The van der Waals surface area contributed by atoms with E-state index in [-0.39, 0.29) is 0 Å². The number of halogens is 1. The average Bonchev–Trinajstić information content (AvgIpc) is 2.50. The van der Waals surface area contributed by atoms with E-state index in [1.807, 2.05) is 24.3 Å². The Labute approximate surface area is 77.5 Å². The van der Waals surface area contributed by atoms with Crippen LogP contribution in [0.4, 0.5) is 0 Å². The Kier molecular flexibility index (Phi) is 2.16. The molecule has 1 aliphatic heterocycles. The molecule has 4 nitrogen and oxygen atoms in total. The van der Waals surface area contributed by atoms with E-state index in [0.717, 1.165) is 3.57 Å². The third-order valence-corrected chi connectivity index (χ3v) is 5.08. The molecule has 0 fully saturated rings.